The maximum Gasteiger partial charge on any atom is 0.344 e. The lowest BCUT2D eigenvalue weighted by atomic mass is 10.3. The molecule has 108 valence electrons. The Morgan fingerprint density at radius 2 is 2.16 bits per heavy atom. The van der Waals surface area contributed by atoms with Crippen LogP contribution >= 0.6 is 11.8 Å². The van der Waals surface area contributed by atoms with Gasteiger partial charge < -0.3 is 10.5 Å². The fourth-order valence-electron chi connectivity index (χ4n) is 1.41. The Morgan fingerprint density at radius 1 is 1.53 bits per heavy atom. The number of thioether (sulfide) groups is 1. The third-order valence-electron chi connectivity index (χ3n) is 2.31. The highest BCUT2D eigenvalue weighted by molar-refractivity contribution is 7.98. The molecule has 0 radical (unpaired) electrons. The van der Waals surface area contributed by atoms with Gasteiger partial charge in [-0.3, -0.25) is 0 Å². The van der Waals surface area contributed by atoms with E-state index in [9.17, 15) is 13.2 Å². The molecule has 0 saturated carbocycles. The first-order valence-corrected chi connectivity index (χ1v) is 8.83. The van der Waals surface area contributed by atoms with Gasteiger partial charge in [0, 0.05) is 6.26 Å². The zero-order valence-corrected chi connectivity index (χ0v) is 12.7. The molecular formula is C10H17N3O4S2. The Balaban J connectivity index is 3.06. The number of nitrogens with two attached hydrogens (primary N) is 1. The van der Waals surface area contributed by atoms with Crippen LogP contribution in [0.25, 0.3) is 0 Å². The van der Waals surface area contributed by atoms with E-state index in [0.29, 0.717) is 5.03 Å². The summed E-state index contributed by atoms with van der Waals surface area (Å²) in [4.78, 5) is 11.8. The van der Waals surface area contributed by atoms with Gasteiger partial charge in [-0.2, -0.15) is 5.10 Å². The van der Waals surface area contributed by atoms with Crippen molar-refractivity contribution in [3.8, 4) is 0 Å². The van der Waals surface area contributed by atoms with Crippen molar-refractivity contribution in [2.75, 3.05) is 30.6 Å². The van der Waals surface area contributed by atoms with Crippen LogP contribution in [0, 0.1) is 0 Å². The van der Waals surface area contributed by atoms with Gasteiger partial charge in [0.05, 0.1) is 18.9 Å². The summed E-state index contributed by atoms with van der Waals surface area (Å²) >= 11 is 1.26. The van der Waals surface area contributed by atoms with Crippen LogP contribution in [0.3, 0.4) is 0 Å². The molecule has 0 atom stereocenters. The first kappa shape index (κ1) is 15.8. The van der Waals surface area contributed by atoms with Gasteiger partial charge in [-0.05, 0) is 13.2 Å². The van der Waals surface area contributed by atoms with E-state index in [1.807, 2.05) is 0 Å². The molecule has 0 unspecified atom stereocenters. The summed E-state index contributed by atoms with van der Waals surface area (Å²) in [6, 6.07) is 0. The predicted molar refractivity (Wildman–Crippen MR) is 74.1 cm³/mol. The van der Waals surface area contributed by atoms with Crippen LogP contribution in [-0.4, -0.2) is 49.0 Å². The molecule has 9 heteroatoms. The zero-order chi connectivity index (χ0) is 14.6. The number of aromatic nitrogens is 2. The van der Waals surface area contributed by atoms with Crippen LogP contribution in [0.5, 0.6) is 0 Å². The highest BCUT2D eigenvalue weighted by Gasteiger charge is 2.23. The molecule has 0 saturated heterocycles. The number of anilines is 1. The average Bonchev–Trinajstić information content (AvgIpc) is 2.62. The lowest BCUT2D eigenvalue weighted by molar-refractivity contribution is 0.0523. The Morgan fingerprint density at radius 3 is 2.63 bits per heavy atom. The van der Waals surface area contributed by atoms with E-state index in [1.54, 1.807) is 13.2 Å². The Hall–Kier alpha value is -1.22. The maximum atomic E-state index is 11.8. The number of esters is 1. The summed E-state index contributed by atoms with van der Waals surface area (Å²) in [7, 11) is -3.12. The summed E-state index contributed by atoms with van der Waals surface area (Å²) in [5, 5.41) is 4.56. The number of rotatable bonds is 6. The minimum atomic E-state index is -3.12. The fourth-order valence-corrected chi connectivity index (χ4v) is 2.49. The van der Waals surface area contributed by atoms with Crippen LogP contribution in [0.1, 0.15) is 17.3 Å². The van der Waals surface area contributed by atoms with Crippen molar-refractivity contribution in [3.05, 3.63) is 5.56 Å². The molecule has 1 aromatic heterocycles. The molecule has 0 bridgehead atoms. The van der Waals surface area contributed by atoms with Crippen molar-refractivity contribution < 1.29 is 17.9 Å². The van der Waals surface area contributed by atoms with E-state index < -0.39 is 15.8 Å². The van der Waals surface area contributed by atoms with Crippen molar-refractivity contribution in [1.29, 1.82) is 0 Å². The SMILES string of the molecule is CCOC(=O)c1c(SC)nn(CCS(C)(=O)=O)c1N. The van der Waals surface area contributed by atoms with Gasteiger partial charge in [-0.1, -0.05) is 0 Å². The van der Waals surface area contributed by atoms with Crippen LogP contribution in [0.15, 0.2) is 5.03 Å². The fraction of sp³-hybridized carbons (Fsp3) is 0.600. The number of nitrogen functional groups attached to an aromatic ring is 1. The Bertz CT molecular complexity index is 566. The van der Waals surface area contributed by atoms with Crippen molar-refractivity contribution in [2.24, 2.45) is 0 Å². The van der Waals surface area contributed by atoms with Crippen molar-refractivity contribution in [1.82, 2.24) is 9.78 Å². The number of ether oxygens (including phenoxy) is 1. The molecule has 0 aromatic carbocycles. The summed E-state index contributed by atoms with van der Waals surface area (Å²) in [6.45, 7) is 2.04. The van der Waals surface area contributed by atoms with E-state index in [4.69, 9.17) is 10.5 Å². The van der Waals surface area contributed by atoms with Crippen molar-refractivity contribution in [2.45, 2.75) is 18.5 Å². The molecule has 1 aromatic rings. The smallest absolute Gasteiger partial charge is 0.344 e. The van der Waals surface area contributed by atoms with Gasteiger partial charge in [0.25, 0.3) is 0 Å². The summed E-state index contributed by atoms with van der Waals surface area (Å²) in [5.74, 6) is -0.504. The first-order chi connectivity index (χ1) is 8.80. The molecule has 7 nitrogen and oxygen atoms in total. The summed E-state index contributed by atoms with van der Waals surface area (Å²) in [6.07, 6.45) is 2.89. The third kappa shape index (κ3) is 4.13. The molecule has 1 rings (SSSR count). The molecule has 0 aliphatic rings. The normalized spacial score (nSPS) is 11.5. The van der Waals surface area contributed by atoms with E-state index in [2.05, 4.69) is 5.10 Å². The van der Waals surface area contributed by atoms with Crippen LogP contribution < -0.4 is 5.73 Å². The Kier molecular flexibility index (Phi) is 5.24. The van der Waals surface area contributed by atoms with E-state index >= 15 is 0 Å². The minimum absolute atomic E-state index is 0.0883. The molecule has 2 N–H and O–H groups in total. The number of nitrogens with zero attached hydrogens (tertiary/aromatic N) is 2. The second-order valence-corrected chi connectivity index (χ2v) is 6.90. The van der Waals surface area contributed by atoms with Crippen LogP contribution in [0.2, 0.25) is 0 Å². The van der Waals surface area contributed by atoms with E-state index in [-0.39, 0.29) is 30.3 Å². The number of carbonyl (C=O) groups is 1. The highest BCUT2D eigenvalue weighted by atomic mass is 32.2. The van der Waals surface area contributed by atoms with Gasteiger partial charge in [0.15, 0.2) is 0 Å². The average molecular weight is 307 g/mol. The van der Waals surface area contributed by atoms with Gasteiger partial charge >= 0.3 is 5.97 Å². The molecular weight excluding hydrogens is 290 g/mol. The third-order valence-corrected chi connectivity index (χ3v) is 3.90. The lowest BCUT2D eigenvalue weighted by Crippen LogP contribution is -2.15. The number of aryl methyl sites for hydroxylation is 1. The summed E-state index contributed by atoms with van der Waals surface area (Å²) < 4.78 is 28.5. The number of sulfone groups is 1. The first-order valence-electron chi connectivity index (χ1n) is 5.55. The quantitative estimate of drug-likeness (QED) is 0.599. The molecule has 0 amide bonds. The highest BCUT2D eigenvalue weighted by Crippen LogP contribution is 2.25. The largest absolute Gasteiger partial charge is 0.462 e. The van der Waals surface area contributed by atoms with Crippen molar-refractivity contribution >= 4 is 33.4 Å². The second-order valence-electron chi connectivity index (χ2n) is 3.84. The van der Waals surface area contributed by atoms with Gasteiger partial charge in [-0.15, -0.1) is 11.8 Å². The predicted octanol–water partition coefficient (Wildman–Crippen LogP) is 0.409. The summed E-state index contributed by atoms with van der Waals surface area (Å²) in [5.41, 5.74) is 6.03. The zero-order valence-electron chi connectivity index (χ0n) is 11.0. The molecule has 19 heavy (non-hydrogen) atoms. The van der Waals surface area contributed by atoms with E-state index in [0.717, 1.165) is 6.26 Å². The second kappa shape index (κ2) is 6.29. The van der Waals surface area contributed by atoms with E-state index in [1.165, 1.54) is 16.4 Å². The van der Waals surface area contributed by atoms with Crippen molar-refractivity contribution in [3.63, 3.8) is 0 Å². The van der Waals surface area contributed by atoms with Crippen LogP contribution in [0.4, 0.5) is 5.82 Å². The molecule has 0 aliphatic carbocycles. The molecule has 0 spiro atoms. The molecule has 1 heterocycles. The van der Waals surface area contributed by atoms with Crippen LogP contribution in [-0.2, 0) is 21.1 Å². The number of hydrogen-bond acceptors (Lipinski definition) is 7. The Labute approximate surface area is 116 Å². The number of carbonyl (C=O) groups excluding carboxylic acids is 1. The monoisotopic (exact) mass is 307 g/mol. The maximum absolute atomic E-state index is 11.8. The van der Waals surface area contributed by atoms with Gasteiger partial charge in [0.1, 0.15) is 26.2 Å². The topological polar surface area (TPSA) is 104 Å². The standard InChI is InChI=1S/C10H17N3O4S2/c1-4-17-10(14)7-8(11)13(12-9(7)18-2)5-6-19(3,15)16/h4-6,11H2,1-3H3. The molecule has 0 fully saturated rings. The number of hydrogen-bond donors (Lipinski definition) is 1. The van der Waals surface area contributed by atoms with Gasteiger partial charge in [-0.25, -0.2) is 17.9 Å². The lowest BCUT2D eigenvalue weighted by Gasteiger charge is -2.04. The van der Waals surface area contributed by atoms with Gasteiger partial charge in [0.2, 0.25) is 0 Å². The minimum Gasteiger partial charge on any atom is -0.462 e. The molecule has 0 aliphatic heterocycles.